The molecule has 36 heavy (non-hydrogen) atoms. The molecule has 3 aromatic rings. The Hall–Kier alpha value is -3.53. The molecule has 0 aliphatic heterocycles. The largest absolute Gasteiger partial charge is 0.493 e. The summed E-state index contributed by atoms with van der Waals surface area (Å²) in [5, 5.41) is 0. The summed E-state index contributed by atoms with van der Waals surface area (Å²) >= 11 is 0. The lowest BCUT2D eigenvalue weighted by atomic mass is 10.1. The third-order valence-corrected chi connectivity index (χ3v) is 6.37. The van der Waals surface area contributed by atoms with Gasteiger partial charge in [0.15, 0.2) is 11.5 Å². The molecule has 0 aromatic heterocycles. The molecule has 0 radical (unpaired) electrons. The summed E-state index contributed by atoms with van der Waals surface area (Å²) in [4.78, 5) is 14.1. The van der Waals surface area contributed by atoms with Crippen molar-refractivity contribution in [3.05, 3.63) is 89.5 Å². The molecule has 0 saturated carbocycles. The number of ether oxygens (including phenoxy) is 1. The van der Waals surface area contributed by atoms with E-state index in [0.29, 0.717) is 23.7 Å². The number of rotatable bonds is 9. The Kier molecular flexibility index (Phi) is 8.29. The number of amides is 1. The number of nitrogens with zero attached hydrogens (tertiary/aromatic N) is 1. The van der Waals surface area contributed by atoms with Crippen LogP contribution in [0.5, 0.6) is 11.5 Å². The molecule has 0 heterocycles. The molecule has 0 N–H and O–H groups in total. The van der Waals surface area contributed by atoms with Gasteiger partial charge in [-0.25, -0.2) is 0 Å². The third-order valence-electron chi connectivity index (χ3n) is 5.14. The van der Waals surface area contributed by atoms with E-state index in [4.69, 9.17) is 8.92 Å². The van der Waals surface area contributed by atoms with Crippen molar-refractivity contribution in [2.24, 2.45) is 5.92 Å². The predicted molar refractivity (Wildman–Crippen MR) is 128 cm³/mol. The molecule has 1 amide bonds. The molecule has 192 valence electrons. The van der Waals surface area contributed by atoms with Crippen LogP contribution in [0, 0.1) is 5.92 Å². The van der Waals surface area contributed by atoms with E-state index in [2.05, 4.69) is 0 Å². The van der Waals surface area contributed by atoms with Gasteiger partial charge in [-0.1, -0.05) is 44.2 Å². The maximum Gasteiger partial charge on any atom is 0.416 e. The number of carbonyl (C=O) groups is 1. The SMILES string of the molecule is COc1ccc(CN(CC(C)C)C(=O)c2ccccc2)cc1OS(=O)(=O)c1cccc(C(F)(F)F)c1. The van der Waals surface area contributed by atoms with Crippen molar-refractivity contribution in [1.82, 2.24) is 4.90 Å². The molecule has 0 atom stereocenters. The van der Waals surface area contributed by atoms with E-state index < -0.39 is 26.8 Å². The summed E-state index contributed by atoms with van der Waals surface area (Å²) < 4.78 is 75.2. The van der Waals surface area contributed by atoms with Crippen LogP contribution in [-0.4, -0.2) is 32.9 Å². The number of benzene rings is 3. The van der Waals surface area contributed by atoms with Crippen molar-refractivity contribution in [2.75, 3.05) is 13.7 Å². The van der Waals surface area contributed by atoms with Crippen molar-refractivity contribution in [3.63, 3.8) is 0 Å². The van der Waals surface area contributed by atoms with Crippen LogP contribution in [0.15, 0.2) is 77.7 Å². The van der Waals surface area contributed by atoms with E-state index in [9.17, 15) is 26.4 Å². The Morgan fingerprint density at radius 3 is 2.25 bits per heavy atom. The van der Waals surface area contributed by atoms with E-state index in [1.807, 2.05) is 19.9 Å². The average molecular weight is 522 g/mol. The summed E-state index contributed by atoms with van der Waals surface area (Å²) in [6.45, 7) is 4.53. The molecule has 3 rings (SSSR count). The molecule has 0 aliphatic carbocycles. The lowest BCUT2D eigenvalue weighted by Crippen LogP contribution is -2.33. The molecule has 0 bridgehead atoms. The summed E-state index contributed by atoms with van der Waals surface area (Å²) in [5.74, 6) is -0.171. The number of carbonyl (C=O) groups excluding carboxylic acids is 1. The second kappa shape index (κ2) is 11.0. The van der Waals surface area contributed by atoms with E-state index in [1.54, 1.807) is 35.2 Å². The summed E-state index contributed by atoms with van der Waals surface area (Å²) in [6, 6.07) is 16.6. The highest BCUT2D eigenvalue weighted by molar-refractivity contribution is 7.87. The maximum absolute atomic E-state index is 13.1. The van der Waals surface area contributed by atoms with Crippen LogP contribution in [0.1, 0.15) is 35.3 Å². The van der Waals surface area contributed by atoms with Crippen molar-refractivity contribution in [3.8, 4) is 11.5 Å². The minimum absolute atomic E-state index is 0.0686. The van der Waals surface area contributed by atoms with Crippen LogP contribution in [0.2, 0.25) is 0 Å². The van der Waals surface area contributed by atoms with Gasteiger partial charge in [0.05, 0.1) is 12.7 Å². The van der Waals surface area contributed by atoms with Gasteiger partial charge in [-0.15, -0.1) is 0 Å². The molecule has 0 unspecified atom stereocenters. The lowest BCUT2D eigenvalue weighted by molar-refractivity contribution is -0.137. The van der Waals surface area contributed by atoms with Crippen LogP contribution >= 0.6 is 0 Å². The molecular formula is C26H26F3NO5S. The quantitative estimate of drug-likeness (QED) is 0.334. The van der Waals surface area contributed by atoms with Crippen LogP contribution < -0.4 is 8.92 Å². The van der Waals surface area contributed by atoms with Gasteiger partial charge in [-0.05, 0) is 53.9 Å². The zero-order valence-corrected chi connectivity index (χ0v) is 20.8. The highest BCUT2D eigenvalue weighted by Crippen LogP contribution is 2.34. The van der Waals surface area contributed by atoms with Crippen LogP contribution in [0.3, 0.4) is 0 Å². The number of hydrogen-bond donors (Lipinski definition) is 0. The molecule has 0 fully saturated rings. The van der Waals surface area contributed by atoms with Crippen molar-refractivity contribution >= 4 is 16.0 Å². The second-order valence-corrected chi connectivity index (χ2v) is 10.0. The van der Waals surface area contributed by atoms with Gasteiger partial charge in [0.2, 0.25) is 0 Å². The Morgan fingerprint density at radius 1 is 0.944 bits per heavy atom. The van der Waals surface area contributed by atoms with Crippen LogP contribution in [0.25, 0.3) is 0 Å². The zero-order valence-electron chi connectivity index (χ0n) is 20.0. The minimum Gasteiger partial charge on any atom is -0.493 e. The first-order chi connectivity index (χ1) is 16.9. The Bertz CT molecular complexity index is 1310. The van der Waals surface area contributed by atoms with Crippen molar-refractivity contribution < 1.29 is 35.3 Å². The normalized spacial score (nSPS) is 11.9. The van der Waals surface area contributed by atoms with Gasteiger partial charge < -0.3 is 13.8 Å². The number of methoxy groups -OCH3 is 1. The fourth-order valence-electron chi connectivity index (χ4n) is 3.52. The maximum atomic E-state index is 13.1. The Morgan fingerprint density at radius 2 is 1.64 bits per heavy atom. The van der Waals surface area contributed by atoms with Gasteiger partial charge >= 0.3 is 16.3 Å². The van der Waals surface area contributed by atoms with Crippen molar-refractivity contribution in [1.29, 1.82) is 0 Å². The van der Waals surface area contributed by atoms with Gasteiger partial charge in [0, 0.05) is 18.7 Å². The summed E-state index contributed by atoms with van der Waals surface area (Å²) in [7, 11) is -3.30. The summed E-state index contributed by atoms with van der Waals surface area (Å²) in [5.41, 5.74) is -0.0538. The number of halogens is 3. The fraction of sp³-hybridized carbons (Fsp3) is 0.269. The topological polar surface area (TPSA) is 72.9 Å². The van der Waals surface area contributed by atoms with Gasteiger partial charge in [-0.3, -0.25) is 4.79 Å². The Balaban J connectivity index is 1.92. The van der Waals surface area contributed by atoms with Crippen molar-refractivity contribution in [2.45, 2.75) is 31.5 Å². The standard InChI is InChI=1S/C26H26F3NO5S/c1-18(2)16-30(25(31)20-8-5-4-6-9-20)17-19-12-13-23(34-3)24(14-19)35-36(32,33)22-11-7-10-21(15-22)26(27,28)29/h4-15,18H,16-17H2,1-3H3. The fourth-order valence-corrected chi connectivity index (χ4v) is 4.50. The minimum atomic E-state index is -4.71. The first-order valence-electron chi connectivity index (χ1n) is 11.0. The highest BCUT2D eigenvalue weighted by Gasteiger charge is 2.32. The average Bonchev–Trinajstić information content (AvgIpc) is 2.83. The Labute approximate surface area is 208 Å². The van der Waals surface area contributed by atoms with Gasteiger partial charge in [-0.2, -0.15) is 21.6 Å². The number of hydrogen-bond acceptors (Lipinski definition) is 5. The molecule has 10 heteroatoms. The van der Waals surface area contributed by atoms with E-state index in [-0.39, 0.29) is 29.9 Å². The molecule has 0 spiro atoms. The monoisotopic (exact) mass is 521 g/mol. The predicted octanol–water partition coefficient (Wildman–Crippen LogP) is 5.78. The lowest BCUT2D eigenvalue weighted by Gasteiger charge is -2.25. The molecule has 0 aliphatic rings. The highest BCUT2D eigenvalue weighted by atomic mass is 32.2. The third kappa shape index (κ3) is 6.78. The van der Waals surface area contributed by atoms with Gasteiger partial charge in [0.25, 0.3) is 5.91 Å². The second-order valence-electron chi connectivity index (χ2n) is 8.49. The molecule has 3 aromatic carbocycles. The van der Waals surface area contributed by atoms with E-state index in [1.165, 1.54) is 19.2 Å². The summed E-state index contributed by atoms with van der Waals surface area (Å²) in [6.07, 6.45) is -4.71. The smallest absolute Gasteiger partial charge is 0.416 e. The molecule has 0 saturated heterocycles. The van der Waals surface area contributed by atoms with Gasteiger partial charge in [0.1, 0.15) is 4.90 Å². The zero-order chi connectivity index (χ0) is 26.5. The molecular weight excluding hydrogens is 495 g/mol. The first-order valence-corrected chi connectivity index (χ1v) is 12.4. The molecule has 6 nitrogen and oxygen atoms in total. The van der Waals surface area contributed by atoms with E-state index >= 15 is 0 Å². The number of alkyl halides is 3. The van der Waals surface area contributed by atoms with Crippen LogP contribution in [0.4, 0.5) is 13.2 Å². The van der Waals surface area contributed by atoms with E-state index in [0.717, 1.165) is 18.2 Å². The first kappa shape index (κ1) is 27.1. The van der Waals surface area contributed by atoms with Crippen LogP contribution in [-0.2, 0) is 22.8 Å².